The lowest BCUT2D eigenvalue weighted by atomic mass is 9.99. The summed E-state index contributed by atoms with van der Waals surface area (Å²) in [5, 5.41) is 4.02. The van der Waals surface area contributed by atoms with Gasteiger partial charge in [-0.15, -0.1) is 0 Å². The van der Waals surface area contributed by atoms with Crippen molar-refractivity contribution in [2.45, 2.75) is 38.8 Å². The van der Waals surface area contributed by atoms with E-state index in [0.29, 0.717) is 11.7 Å². The van der Waals surface area contributed by atoms with Crippen LogP contribution in [0.25, 0.3) is 22.8 Å². The van der Waals surface area contributed by atoms with E-state index in [1.165, 1.54) is 23.3 Å². The van der Waals surface area contributed by atoms with Crippen molar-refractivity contribution in [2.24, 2.45) is 0 Å². The van der Waals surface area contributed by atoms with Crippen LogP contribution in [-0.2, 0) is 12.6 Å². The Balaban J connectivity index is 1.73. The largest absolute Gasteiger partial charge is 0.493 e. The van der Waals surface area contributed by atoms with Crippen LogP contribution < -0.4 is 4.74 Å². The first-order valence-corrected chi connectivity index (χ1v) is 9.18. The minimum absolute atomic E-state index is 0.0483. The Morgan fingerprint density at radius 1 is 1.21 bits per heavy atom. The Labute approximate surface area is 160 Å². The third-order valence-corrected chi connectivity index (χ3v) is 5.07. The highest BCUT2D eigenvalue weighted by Gasteiger charge is 2.35. The maximum absolute atomic E-state index is 13.4. The molecule has 0 saturated carbocycles. The molecule has 0 saturated heterocycles. The van der Waals surface area contributed by atoms with Crippen LogP contribution in [0.5, 0.6) is 5.75 Å². The molecule has 7 heteroatoms. The zero-order chi connectivity index (χ0) is 19.9. The Kier molecular flexibility index (Phi) is 4.61. The van der Waals surface area contributed by atoms with Crippen molar-refractivity contribution in [2.75, 3.05) is 6.61 Å². The molecule has 0 radical (unpaired) electrons. The Morgan fingerprint density at radius 3 is 2.79 bits per heavy atom. The van der Waals surface area contributed by atoms with E-state index >= 15 is 0 Å². The van der Waals surface area contributed by atoms with Gasteiger partial charge in [0, 0.05) is 11.1 Å². The number of hydrogen-bond donors (Lipinski definition) is 0. The van der Waals surface area contributed by atoms with Crippen molar-refractivity contribution in [3.8, 4) is 28.6 Å². The normalized spacial score (nSPS) is 16.2. The lowest BCUT2D eigenvalue weighted by molar-refractivity contribution is -0.138. The summed E-state index contributed by atoms with van der Waals surface area (Å²) >= 11 is 0. The summed E-state index contributed by atoms with van der Waals surface area (Å²) in [6.07, 6.45) is -2.55. The molecular weight excluding hydrogens is 369 g/mol. The van der Waals surface area contributed by atoms with Gasteiger partial charge in [-0.25, -0.2) is 0 Å². The molecule has 2 aromatic carbocycles. The summed E-state index contributed by atoms with van der Waals surface area (Å²) in [5.41, 5.74) is 2.67. The zero-order valence-corrected chi connectivity index (χ0v) is 15.5. The number of benzene rings is 2. The first-order valence-electron chi connectivity index (χ1n) is 9.18. The van der Waals surface area contributed by atoms with E-state index in [1.807, 2.05) is 12.1 Å². The van der Waals surface area contributed by atoms with Gasteiger partial charge in [-0.05, 0) is 55.0 Å². The second-order valence-corrected chi connectivity index (χ2v) is 6.88. The SMILES string of the molecule is CCOc1ccc(-c2nc(-c3cccc4c3CCC4C)no2)cc1C(F)(F)F. The number of aromatic nitrogens is 2. The zero-order valence-electron chi connectivity index (χ0n) is 15.5. The second-order valence-electron chi connectivity index (χ2n) is 6.88. The van der Waals surface area contributed by atoms with Crippen LogP contribution in [-0.4, -0.2) is 16.7 Å². The smallest absolute Gasteiger partial charge is 0.419 e. The number of nitrogens with zero attached hydrogens (tertiary/aromatic N) is 2. The molecule has 0 aliphatic heterocycles. The number of rotatable bonds is 4. The van der Waals surface area contributed by atoms with Gasteiger partial charge in [-0.2, -0.15) is 18.2 Å². The minimum atomic E-state index is -4.54. The second kappa shape index (κ2) is 6.96. The van der Waals surface area contributed by atoms with E-state index in [0.717, 1.165) is 24.5 Å². The molecule has 1 aliphatic carbocycles. The molecule has 0 amide bonds. The highest BCUT2D eigenvalue weighted by atomic mass is 19.4. The van der Waals surface area contributed by atoms with Crippen LogP contribution in [0.15, 0.2) is 40.9 Å². The lowest BCUT2D eigenvalue weighted by Crippen LogP contribution is -2.08. The van der Waals surface area contributed by atoms with Crippen LogP contribution in [0.3, 0.4) is 0 Å². The summed E-state index contributed by atoms with van der Waals surface area (Å²) in [6, 6.07) is 9.73. The number of fused-ring (bicyclic) bond motifs is 1. The molecule has 1 atom stereocenters. The molecule has 28 heavy (non-hydrogen) atoms. The van der Waals surface area contributed by atoms with Gasteiger partial charge in [0.05, 0.1) is 12.2 Å². The van der Waals surface area contributed by atoms with E-state index < -0.39 is 11.7 Å². The molecule has 0 N–H and O–H groups in total. The molecule has 1 unspecified atom stereocenters. The Hall–Kier alpha value is -2.83. The first-order chi connectivity index (χ1) is 13.4. The van der Waals surface area contributed by atoms with Crippen LogP contribution in [0.4, 0.5) is 13.2 Å². The Bertz CT molecular complexity index is 1010. The molecule has 3 aromatic rings. The molecule has 0 spiro atoms. The third kappa shape index (κ3) is 3.25. The molecule has 1 heterocycles. The van der Waals surface area contributed by atoms with Gasteiger partial charge >= 0.3 is 6.18 Å². The van der Waals surface area contributed by atoms with Gasteiger partial charge in [0.15, 0.2) is 0 Å². The van der Waals surface area contributed by atoms with E-state index in [1.54, 1.807) is 6.92 Å². The molecule has 1 aromatic heterocycles. The van der Waals surface area contributed by atoms with Gasteiger partial charge in [0.25, 0.3) is 5.89 Å². The van der Waals surface area contributed by atoms with Gasteiger partial charge < -0.3 is 9.26 Å². The van der Waals surface area contributed by atoms with Gasteiger partial charge in [-0.3, -0.25) is 0 Å². The summed E-state index contributed by atoms with van der Waals surface area (Å²) in [7, 11) is 0. The highest BCUT2D eigenvalue weighted by Crippen LogP contribution is 2.40. The monoisotopic (exact) mass is 388 g/mol. The number of alkyl halides is 3. The molecule has 0 bridgehead atoms. The molecule has 1 aliphatic rings. The van der Waals surface area contributed by atoms with Crippen molar-refractivity contribution in [3.63, 3.8) is 0 Å². The van der Waals surface area contributed by atoms with Crippen molar-refractivity contribution < 1.29 is 22.4 Å². The van der Waals surface area contributed by atoms with Gasteiger partial charge in [0.2, 0.25) is 5.82 Å². The average Bonchev–Trinajstić information content (AvgIpc) is 3.29. The molecule has 0 fully saturated rings. The van der Waals surface area contributed by atoms with E-state index in [-0.39, 0.29) is 23.8 Å². The maximum atomic E-state index is 13.4. The van der Waals surface area contributed by atoms with Crippen molar-refractivity contribution in [1.82, 2.24) is 10.1 Å². The van der Waals surface area contributed by atoms with Crippen molar-refractivity contribution in [3.05, 3.63) is 53.1 Å². The van der Waals surface area contributed by atoms with E-state index in [4.69, 9.17) is 9.26 Å². The number of hydrogen-bond acceptors (Lipinski definition) is 4. The molecule has 4 rings (SSSR count). The summed E-state index contributed by atoms with van der Waals surface area (Å²) in [5.74, 6) is 0.700. The van der Waals surface area contributed by atoms with Crippen LogP contribution in [0.2, 0.25) is 0 Å². The maximum Gasteiger partial charge on any atom is 0.419 e. The predicted molar refractivity (Wildman–Crippen MR) is 98.1 cm³/mol. The number of halogens is 3. The van der Waals surface area contributed by atoms with E-state index in [9.17, 15) is 13.2 Å². The fourth-order valence-corrected chi connectivity index (χ4v) is 3.69. The summed E-state index contributed by atoms with van der Waals surface area (Å²) in [6.45, 7) is 3.96. The fourth-order valence-electron chi connectivity index (χ4n) is 3.69. The first kappa shape index (κ1) is 18.5. The van der Waals surface area contributed by atoms with Gasteiger partial charge in [-0.1, -0.05) is 30.3 Å². The highest BCUT2D eigenvalue weighted by molar-refractivity contribution is 5.66. The Morgan fingerprint density at radius 2 is 2.04 bits per heavy atom. The van der Waals surface area contributed by atoms with Gasteiger partial charge in [0.1, 0.15) is 5.75 Å². The molecular formula is C21H19F3N2O2. The number of ether oxygens (including phenoxy) is 1. The van der Waals surface area contributed by atoms with Crippen molar-refractivity contribution in [1.29, 1.82) is 0 Å². The van der Waals surface area contributed by atoms with Crippen LogP contribution in [0.1, 0.15) is 42.9 Å². The molecule has 4 nitrogen and oxygen atoms in total. The van der Waals surface area contributed by atoms with Crippen molar-refractivity contribution >= 4 is 0 Å². The lowest BCUT2D eigenvalue weighted by Gasteiger charge is -2.13. The fraction of sp³-hybridized carbons (Fsp3) is 0.333. The predicted octanol–water partition coefficient (Wildman–Crippen LogP) is 5.87. The topological polar surface area (TPSA) is 48.2 Å². The third-order valence-electron chi connectivity index (χ3n) is 5.07. The van der Waals surface area contributed by atoms with Crippen LogP contribution >= 0.6 is 0 Å². The molecule has 146 valence electrons. The minimum Gasteiger partial charge on any atom is -0.493 e. The van der Waals surface area contributed by atoms with Crippen LogP contribution in [0, 0.1) is 0 Å². The summed E-state index contributed by atoms with van der Waals surface area (Å²) in [4.78, 5) is 4.37. The average molecular weight is 388 g/mol. The summed E-state index contributed by atoms with van der Waals surface area (Å²) < 4.78 is 50.5. The quantitative estimate of drug-likeness (QED) is 0.561. The standard InChI is InChI=1S/C21H19F3N2O2/c1-3-27-18-10-8-13(11-17(18)21(22,23)24)20-25-19(26-28-20)16-6-4-5-14-12(2)7-9-15(14)16/h4-6,8,10-12H,3,7,9H2,1-2H3. The van der Waals surface area contributed by atoms with E-state index in [2.05, 4.69) is 23.1 Å².